The number of rotatable bonds is 7. The van der Waals surface area contributed by atoms with Crippen molar-refractivity contribution in [3.8, 4) is 5.75 Å². The van der Waals surface area contributed by atoms with Gasteiger partial charge in [-0.25, -0.2) is 0 Å². The number of pyridine rings is 1. The van der Waals surface area contributed by atoms with Gasteiger partial charge in [0.25, 0.3) is 0 Å². The van der Waals surface area contributed by atoms with Crippen LogP contribution in [0.2, 0.25) is 0 Å². The summed E-state index contributed by atoms with van der Waals surface area (Å²) >= 11 is 0. The van der Waals surface area contributed by atoms with Gasteiger partial charge in [-0.2, -0.15) is 0 Å². The average Bonchev–Trinajstić information content (AvgIpc) is 2.82. The van der Waals surface area contributed by atoms with E-state index >= 15 is 0 Å². The zero-order chi connectivity index (χ0) is 20.9. The molecule has 0 aliphatic carbocycles. The summed E-state index contributed by atoms with van der Waals surface area (Å²) < 4.78 is 11.1. The first-order chi connectivity index (χ1) is 14.7. The smallest absolute Gasteiger partial charge is 0.182 e. The van der Waals surface area contributed by atoms with Crippen LogP contribution in [0.5, 0.6) is 5.75 Å². The van der Waals surface area contributed by atoms with E-state index in [0.717, 1.165) is 24.4 Å². The van der Waals surface area contributed by atoms with Gasteiger partial charge in [-0.05, 0) is 35.2 Å². The summed E-state index contributed by atoms with van der Waals surface area (Å²) in [6.45, 7) is 3.66. The lowest BCUT2D eigenvalue weighted by Crippen LogP contribution is -2.21. The fourth-order valence-electron chi connectivity index (χ4n) is 4.02. The predicted molar refractivity (Wildman–Crippen MR) is 118 cm³/mol. The van der Waals surface area contributed by atoms with E-state index < -0.39 is 6.29 Å². The van der Waals surface area contributed by atoms with Crippen LogP contribution in [-0.4, -0.2) is 30.4 Å². The second-order valence-corrected chi connectivity index (χ2v) is 7.70. The third kappa shape index (κ3) is 4.32. The van der Waals surface area contributed by atoms with Gasteiger partial charge in [0.05, 0.1) is 18.5 Å². The Hall–Kier alpha value is -2.89. The second-order valence-electron chi connectivity index (χ2n) is 7.70. The number of benzene rings is 2. The zero-order valence-corrected chi connectivity index (χ0v) is 17.4. The number of hydrogen-bond acceptors (Lipinski definition) is 5. The van der Waals surface area contributed by atoms with Crippen LogP contribution in [0.15, 0.2) is 67.0 Å². The first-order valence-corrected chi connectivity index (χ1v) is 10.4. The van der Waals surface area contributed by atoms with E-state index in [0.29, 0.717) is 24.0 Å². The first kappa shape index (κ1) is 20.4. The first-order valence-electron chi connectivity index (χ1n) is 10.4. The lowest BCUT2D eigenvalue weighted by atomic mass is 9.88. The van der Waals surface area contributed by atoms with Gasteiger partial charge in [-0.3, -0.25) is 4.98 Å². The molecule has 5 heteroatoms. The van der Waals surface area contributed by atoms with Crippen molar-refractivity contribution in [1.29, 1.82) is 0 Å². The van der Waals surface area contributed by atoms with E-state index in [1.807, 2.05) is 6.07 Å². The molecule has 1 aliphatic heterocycles. The summed E-state index contributed by atoms with van der Waals surface area (Å²) in [5, 5.41) is 13.5. The fourth-order valence-corrected chi connectivity index (χ4v) is 4.02. The zero-order valence-electron chi connectivity index (χ0n) is 17.4. The number of fused-ring (bicyclic) bond motifs is 1. The molecule has 0 bridgehead atoms. The Morgan fingerprint density at radius 1 is 1.17 bits per heavy atom. The highest BCUT2D eigenvalue weighted by atomic mass is 16.6. The van der Waals surface area contributed by atoms with E-state index in [2.05, 4.69) is 59.7 Å². The summed E-state index contributed by atoms with van der Waals surface area (Å²) in [5.41, 5.74) is 5.25. The standard InChI is InChI=1S/C25H28N2O3/c1-17(18-6-4-3-5-7-18)19-8-9-21-20(11-13-30-24(21)14-19)15-27-23-16-26-12-10-22(23)25(28)29-2/h3-10,12,14,16-17,20,25,27-28H,11,13,15H2,1-2H3/t17?,20-,25?/m0/s1. The molecule has 4 rings (SSSR count). The van der Waals surface area contributed by atoms with Crippen molar-refractivity contribution in [1.82, 2.24) is 4.98 Å². The van der Waals surface area contributed by atoms with Crippen LogP contribution in [0, 0.1) is 0 Å². The predicted octanol–water partition coefficient (Wildman–Crippen LogP) is 4.85. The van der Waals surface area contributed by atoms with E-state index in [1.54, 1.807) is 18.5 Å². The number of aromatic nitrogens is 1. The molecule has 2 heterocycles. The normalized spacial score (nSPS) is 17.5. The summed E-state index contributed by atoms with van der Waals surface area (Å²) in [6, 6.07) is 18.9. The van der Waals surface area contributed by atoms with Gasteiger partial charge in [-0.15, -0.1) is 0 Å². The minimum Gasteiger partial charge on any atom is -0.493 e. The fraction of sp³-hybridized carbons (Fsp3) is 0.320. The molecule has 3 atom stereocenters. The molecular weight excluding hydrogens is 376 g/mol. The Labute approximate surface area is 177 Å². The maximum Gasteiger partial charge on any atom is 0.182 e. The maximum absolute atomic E-state index is 10.1. The summed E-state index contributed by atoms with van der Waals surface area (Å²) in [7, 11) is 1.48. The van der Waals surface area contributed by atoms with E-state index in [-0.39, 0.29) is 0 Å². The molecule has 0 saturated heterocycles. The summed E-state index contributed by atoms with van der Waals surface area (Å²) in [6.07, 6.45) is 3.35. The highest BCUT2D eigenvalue weighted by molar-refractivity contribution is 5.51. The van der Waals surface area contributed by atoms with Crippen molar-refractivity contribution in [2.45, 2.75) is 31.5 Å². The van der Waals surface area contributed by atoms with Gasteiger partial charge >= 0.3 is 0 Å². The third-order valence-corrected chi connectivity index (χ3v) is 5.88. The largest absolute Gasteiger partial charge is 0.493 e. The number of methoxy groups -OCH3 is 1. The molecule has 5 nitrogen and oxygen atoms in total. The van der Waals surface area contributed by atoms with E-state index in [4.69, 9.17) is 9.47 Å². The summed E-state index contributed by atoms with van der Waals surface area (Å²) in [5.74, 6) is 1.60. The maximum atomic E-state index is 10.1. The molecule has 0 amide bonds. The van der Waals surface area contributed by atoms with E-state index in [1.165, 1.54) is 23.8 Å². The molecular formula is C25H28N2O3. The molecule has 3 aromatic rings. The average molecular weight is 405 g/mol. The second kappa shape index (κ2) is 9.28. The number of ether oxygens (including phenoxy) is 2. The summed E-state index contributed by atoms with van der Waals surface area (Å²) in [4.78, 5) is 4.18. The minimum absolute atomic E-state index is 0.312. The number of aliphatic hydroxyl groups is 1. The van der Waals surface area contributed by atoms with Crippen molar-refractivity contribution < 1.29 is 14.6 Å². The molecule has 2 N–H and O–H groups in total. The lowest BCUT2D eigenvalue weighted by Gasteiger charge is -2.28. The van der Waals surface area contributed by atoms with Crippen molar-refractivity contribution in [3.63, 3.8) is 0 Å². The Kier molecular flexibility index (Phi) is 6.31. The topological polar surface area (TPSA) is 63.6 Å². The van der Waals surface area contributed by atoms with Crippen molar-refractivity contribution >= 4 is 5.69 Å². The Balaban J connectivity index is 1.51. The molecule has 2 unspecified atom stereocenters. The Morgan fingerprint density at radius 2 is 2.00 bits per heavy atom. The molecule has 0 radical (unpaired) electrons. The molecule has 1 aromatic heterocycles. The molecule has 0 saturated carbocycles. The number of anilines is 1. The van der Waals surface area contributed by atoms with Gasteiger partial charge in [-0.1, -0.05) is 49.4 Å². The van der Waals surface area contributed by atoms with Crippen molar-refractivity contribution in [2.24, 2.45) is 0 Å². The van der Waals surface area contributed by atoms with Crippen LogP contribution < -0.4 is 10.1 Å². The van der Waals surface area contributed by atoms with Crippen LogP contribution in [0.25, 0.3) is 0 Å². The van der Waals surface area contributed by atoms with Gasteiger partial charge in [0.2, 0.25) is 0 Å². The van der Waals surface area contributed by atoms with Crippen LogP contribution in [0.1, 0.15) is 53.7 Å². The highest BCUT2D eigenvalue weighted by Gasteiger charge is 2.23. The molecule has 0 spiro atoms. The molecule has 2 aromatic carbocycles. The van der Waals surface area contributed by atoms with Gasteiger partial charge in [0.1, 0.15) is 5.75 Å². The van der Waals surface area contributed by atoms with Gasteiger partial charge in [0, 0.05) is 37.3 Å². The molecule has 0 fully saturated rings. The van der Waals surface area contributed by atoms with Crippen molar-refractivity contribution in [3.05, 3.63) is 89.2 Å². The number of aliphatic hydroxyl groups excluding tert-OH is 1. The van der Waals surface area contributed by atoms with Crippen LogP contribution >= 0.6 is 0 Å². The molecule has 30 heavy (non-hydrogen) atoms. The lowest BCUT2D eigenvalue weighted by molar-refractivity contribution is -0.0764. The van der Waals surface area contributed by atoms with Crippen LogP contribution in [-0.2, 0) is 4.74 Å². The third-order valence-electron chi connectivity index (χ3n) is 5.88. The number of nitrogens with one attached hydrogen (secondary N) is 1. The SMILES string of the molecule is COC(O)c1ccncc1NC[C@@H]1CCOc2cc(C(C)c3ccccc3)ccc21. The van der Waals surface area contributed by atoms with Crippen LogP contribution in [0.3, 0.4) is 0 Å². The van der Waals surface area contributed by atoms with Gasteiger partial charge < -0.3 is 19.9 Å². The molecule has 1 aliphatic rings. The quantitative estimate of drug-likeness (QED) is 0.551. The monoisotopic (exact) mass is 404 g/mol. The van der Waals surface area contributed by atoms with Crippen molar-refractivity contribution in [2.75, 3.05) is 25.6 Å². The highest BCUT2D eigenvalue weighted by Crippen LogP contribution is 2.37. The number of nitrogens with zero attached hydrogens (tertiary/aromatic N) is 1. The molecule has 156 valence electrons. The van der Waals surface area contributed by atoms with E-state index in [9.17, 15) is 5.11 Å². The Bertz CT molecular complexity index is 977. The Morgan fingerprint density at radius 3 is 2.80 bits per heavy atom. The van der Waals surface area contributed by atoms with Gasteiger partial charge in [0.15, 0.2) is 6.29 Å². The van der Waals surface area contributed by atoms with Crippen LogP contribution in [0.4, 0.5) is 5.69 Å². The number of hydrogen-bond donors (Lipinski definition) is 2. The minimum atomic E-state index is -0.973.